The lowest BCUT2D eigenvalue weighted by Gasteiger charge is -2.24. The number of carbonyl (C=O) groups excluding carboxylic acids is 1. The van der Waals surface area contributed by atoms with Crippen molar-refractivity contribution in [3.63, 3.8) is 0 Å². The lowest BCUT2D eigenvalue weighted by atomic mass is 9.97. The molecule has 170 valence electrons. The molecule has 7 nitrogen and oxygen atoms in total. The Morgan fingerprint density at radius 2 is 1.97 bits per heavy atom. The Kier molecular flexibility index (Phi) is 5.37. The van der Waals surface area contributed by atoms with Crippen LogP contribution in [0.2, 0.25) is 0 Å². The van der Waals surface area contributed by atoms with E-state index in [1.165, 1.54) is 12.0 Å². The van der Waals surface area contributed by atoms with Crippen molar-refractivity contribution >= 4 is 22.7 Å². The highest BCUT2D eigenvalue weighted by molar-refractivity contribution is 6.10. The van der Waals surface area contributed by atoms with Crippen LogP contribution in [-0.2, 0) is 0 Å². The standard InChI is InChI=1S/C27H22N2O5/c1-4-13-33-20-11-9-17(15-21(20)32-3)24-23-25(30)18-14-16(2)8-10-19(18)34-26(23)27(31)29(24)22-7-5-6-12-28-22/h4-12,14-15,24H,1,13H2,2-3H3/t24-/m0/s1. The van der Waals surface area contributed by atoms with Gasteiger partial charge in [0.1, 0.15) is 18.0 Å². The maximum Gasteiger partial charge on any atom is 0.296 e. The van der Waals surface area contributed by atoms with E-state index in [0.717, 1.165) is 5.56 Å². The number of fused-ring (bicyclic) bond motifs is 2. The van der Waals surface area contributed by atoms with Crippen LogP contribution in [0.15, 0.2) is 82.7 Å². The van der Waals surface area contributed by atoms with Crippen molar-refractivity contribution in [1.29, 1.82) is 0 Å². The Morgan fingerprint density at radius 1 is 1.12 bits per heavy atom. The number of carbonyl (C=O) groups is 1. The summed E-state index contributed by atoms with van der Waals surface area (Å²) in [5, 5.41) is 0.428. The van der Waals surface area contributed by atoms with Crippen molar-refractivity contribution in [2.45, 2.75) is 13.0 Å². The number of rotatable bonds is 6. The van der Waals surface area contributed by atoms with Crippen LogP contribution in [0, 0.1) is 6.92 Å². The highest BCUT2D eigenvalue weighted by Gasteiger charge is 2.44. The molecule has 3 heterocycles. The molecule has 2 aromatic heterocycles. The van der Waals surface area contributed by atoms with Crippen molar-refractivity contribution in [1.82, 2.24) is 4.98 Å². The first-order chi connectivity index (χ1) is 16.5. The largest absolute Gasteiger partial charge is 0.493 e. The number of pyridine rings is 1. The monoisotopic (exact) mass is 454 g/mol. The molecule has 0 spiro atoms. The summed E-state index contributed by atoms with van der Waals surface area (Å²) < 4.78 is 17.2. The minimum atomic E-state index is -0.749. The molecule has 0 radical (unpaired) electrons. The number of ether oxygens (including phenoxy) is 2. The fraction of sp³-hybridized carbons (Fsp3) is 0.148. The van der Waals surface area contributed by atoms with Gasteiger partial charge in [-0.1, -0.05) is 36.4 Å². The van der Waals surface area contributed by atoms with Gasteiger partial charge in [-0.25, -0.2) is 4.98 Å². The molecule has 5 rings (SSSR count). The van der Waals surface area contributed by atoms with Gasteiger partial charge in [0.05, 0.1) is 24.1 Å². The zero-order valence-electron chi connectivity index (χ0n) is 18.8. The second-order valence-electron chi connectivity index (χ2n) is 7.95. The quantitative estimate of drug-likeness (QED) is 0.389. The molecular weight excluding hydrogens is 432 g/mol. The van der Waals surface area contributed by atoms with Crippen molar-refractivity contribution in [3.8, 4) is 11.5 Å². The Bertz CT molecular complexity index is 1480. The van der Waals surface area contributed by atoms with Crippen LogP contribution in [0.5, 0.6) is 11.5 Å². The van der Waals surface area contributed by atoms with Gasteiger partial charge in [0.25, 0.3) is 5.91 Å². The van der Waals surface area contributed by atoms with Gasteiger partial charge in [-0.15, -0.1) is 0 Å². The van der Waals surface area contributed by atoms with Gasteiger partial charge in [-0.3, -0.25) is 14.5 Å². The van der Waals surface area contributed by atoms with Crippen molar-refractivity contribution in [2.24, 2.45) is 0 Å². The average Bonchev–Trinajstić information content (AvgIpc) is 3.16. The number of anilines is 1. The van der Waals surface area contributed by atoms with Crippen LogP contribution in [0.25, 0.3) is 11.0 Å². The topological polar surface area (TPSA) is 81.9 Å². The first kappa shape index (κ1) is 21.5. The number of aromatic nitrogens is 1. The fourth-order valence-corrected chi connectivity index (χ4v) is 4.26. The van der Waals surface area contributed by atoms with Crippen LogP contribution >= 0.6 is 0 Å². The van der Waals surface area contributed by atoms with E-state index in [4.69, 9.17) is 13.9 Å². The minimum Gasteiger partial charge on any atom is -0.493 e. The van der Waals surface area contributed by atoms with E-state index in [1.54, 1.807) is 54.7 Å². The molecule has 4 aromatic rings. The Balaban J connectivity index is 1.76. The first-order valence-electron chi connectivity index (χ1n) is 10.8. The van der Waals surface area contributed by atoms with Crippen LogP contribution < -0.4 is 19.8 Å². The predicted octanol–water partition coefficient (Wildman–Crippen LogP) is 4.82. The van der Waals surface area contributed by atoms with Crippen LogP contribution in [0.1, 0.15) is 33.3 Å². The van der Waals surface area contributed by atoms with Crippen molar-refractivity contribution in [3.05, 3.63) is 106 Å². The maximum atomic E-state index is 13.7. The van der Waals surface area contributed by atoms with E-state index in [-0.39, 0.29) is 16.8 Å². The molecule has 0 unspecified atom stereocenters. The van der Waals surface area contributed by atoms with E-state index in [2.05, 4.69) is 11.6 Å². The number of hydrogen-bond donors (Lipinski definition) is 0. The van der Waals surface area contributed by atoms with Gasteiger partial charge in [0.2, 0.25) is 5.76 Å². The van der Waals surface area contributed by atoms with Gasteiger partial charge in [-0.05, 0) is 48.9 Å². The van der Waals surface area contributed by atoms with Gasteiger partial charge < -0.3 is 13.9 Å². The van der Waals surface area contributed by atoms with Gasteiger partial charge in [0, 0.05) is 6.20 Å². The molecule has 1 amide bonds. The van der Waals surface area contributed by atoms with E-state index >= 15 is 0 Å². The second kappa shape index (κ2) is 8.51. The predicted molar refractivity (Wildman–Crippen MR) is 129 cm³/mol. The smallest absolute Gasteiger partial charge is 0.296 e. The molecule has 0 aliphatic carbocycles. The Hall–Kier alpha value is -4.39. The van der Waals surface area contributed by atoms with Crippen LogP contribution in [0.4, 0.5) is 5.82 Å². The summed E-state index contributed by atoms with van der Waals surface area (Å²) in [6.45, 7) is 5.89. The summed E-state index contributed by atoms with van der Waals surface area (Å²) >= 11 is 0. The Labute approximate surface area is 195 Å². The molecule has 34 heavy (non-hydrogen) atoms. The molecule has 2 aromatic carbocycles. The third-order valence-electron chi connectivity index (χ3n) is 5.78. The van der Waals surface area contributed by atoms with Gasteiger partial charge in [-0.2, -0.15) is 0 Å². The molecule has 0 fully saturated rings. The normalized spacial score (nSPS) is 14.8. The zero-order chi connectivity index (χ0) is 23.8. The summed E-state index contributed by atoms with van der Waals surface area (Å²) in [5.74, 6) is 1.00. The third kappa shape index (κ3) is 3.42. The Morgan fingerprint density at radius 3 is 2.71 bits per heavy atom. The zero-order valence-corrected chi connectivity index (χ0v) is 18.8. The maximum absolute atomic E-state index is 13.7. The fourth-order valence-electron chi connectivity index (χ4n) is 4.26. The molecule has 0 bridgehead atoms. The summed E-state index contributed by atoms with van der Waals surface area (Å²) in [5.41, 5.74) is 1.99. The second-order valence-corrected chi connectivity index (χ2v) is 7.95. The summed E-state index contributed by atoms with van der Waals surface area (Å²) in [6.07, 6.45) is 3.24. The van der Waals surface area contributed by atoms with E-state index < -0.39 is 11.9 Å². The third-order valence-corrected chi connectivity index (χ3v) is 5.78. The van der Waals surface area contributed by atoms with E-state index in [9.17, 15) is 9.59 Å². The lowest BCUT2D eigenvalue weighted by molar-refractivity contribution is 0.0970. The number of aryl methyl sites for hydroxylation is 1. The first-order valence-corrected chi connectivity index (χ1v) is 10.8. The molecule has 1 atom stereocenters. The average molecular weight is 454 g/mol. The molecule has 0 saturated heterocycles. The van der Waals surface area contributed by atoms with Crippen LogP contribution in [0.3, 0.4) is 0 Å². The number of nitrogens with zero attached hydrogens (tertiary/aromatic N) is 2. The SMILES string of the molecule is C=CCOc1ccc([C@H]2c3c(oc4ccc(C)cc4c3=O)C(=O)N2c2ccccn2)cc1OC. The van der Waals surface area contributed by atoms with E-state index in [0.29, 0.717) is 40.5 Å². The summed E-state index contributed by atoms with van der Waals surface area (Å²) in [7, 11) is 1.54. The molecule has 7 heteroatoms. The summed E-state index contributed by atoms with van der Waals surface area (Å²) in [4.78, 5) is 33.2. The lowest BCUT2D eigenvalue weighted by Crippen LogP contribution is -2.30. The van der Waals surface area contributed by atoms with E-state index in [1.807, 2.05) is 19.1 Å². The molecular formula is C27H22N2O5. The van der Waals surface area contributed by atoms with Gasteiger partial charge >= 0.3 is 0 Å². The van der Waals surface area contributed by atoms with Crippen LogP contribution in [-0.4, -0.2) is 24.6 Å². The highest BCUT2D eigenvalue weighted by Crippen LogP contribution is 2.42. The molecule has 0 saturated carbocycles. The molecule has 0 N–H and O–H groups in total. The molecule has 1 aliphatic rings. The number of amides is 1. The highest BCUT2D eigenvalue weighted by atomic mass is 16.5. The number of hydrogen-bond acceptors (Lipinski definition) is 6. The van der Waals surface area contributed by atoms with Crippen molar-refractivity contribution in [2.75, 3.05) is 18.6 Å². The summed E-state index contributed by atoms with van der Waals surface area (Å²) in [6, 6.07) is 15.2. The van der Waals surface area contributed by atoms with Crippen molar-refractivity contribution < 1.29 is 18.7 Å². The number of methoxy groups -OCH3 is 1. The van der Waals surface area contributed by atoms with Gasteiger partial charge in [0.15, 0.2) is 16.9 Å². The molecule has 1 aliphatic heterocycles. The number of benzene rings is 2. The minimum absolute atomic E-state index is 0.0166.